The summed E-state index contributed by atoms with van der Waals surface area (Å²) < 4.78 is 32.0. The van der Waals surface area contributed by atoms with E-state index in [1.54, 1.807) is 45.5 Å². The first-order valence-electron chi connectivity index (χ1n) is 11.5. The molecular weight excluding hydrogens is 485 g/mol. The molecule has 0 aliphatic carbocycles. The number of carbonyl (C=O) groups is 1. The van der Waals surface area contributed by atoms with E-state index in [0.717, 1.165) is 5.56 Å². The van der Waals surface area contributed by atoms with Crippen molar-refractivity contribution >= 4 is 36.2 Å². The van der Waals surface area contributed by atoms with Gasteiger partial charge in [-0.25, -0.2) is 20.0 Å². The van der Waals surface area contributed by atoms with Gasteiger partial charge in [0, 0.05) is 0 Å². The minimum Gasteiger partial charge on any atom is -0.462 e. The number of hydrogen-bond donors (Lipinski definition) is 2. The fourth-order valence-corrected chi connectivity index (χ4v) is 4.78. The number of benzene rings is 1. The number of aromatic nitrogens is 4. The van der Waals surface area contributed by atoms with Crippen molar-refractivity contribution in [1.29, 1.82) is 0 Å². The lowest BCUT2D eigenvalue weighted by atomic mass is 10.1. The van der Waals surface area contributed by atoms with Gasteiger partial charge in [0.25, 0.3) is 0 Å². The van der Waals surface area contributed by atoms with Crippen LogP contribution in [0.3, 0.4) is 0 Å². The number of rotatable bonds is 12. The summed E-state index contributed by atoms with van der Waals surface area (Å²) in [6.07, 6.45) is 1.86. The van der Waals surface area contributed by atoms with Crippen LogP contribution in [-0.4, -0.2) is 55.8 Å². The summed E-state index contributed by atoms with van der Waals surface area (Å²) in [5.74, 6) is -0.281. The lowest BCUT2D eigenvalue weighted by molar-refractivity contribution is -0.149. The van der Waals surface area contributed by atoms with Gasteiger partial charge < -0.3 is 24.4 Å². The van der Waals surface area contributed by atoms with Crippen molar-refractivity contribution in [2.75, 3.05) is 12.1 Å². The SMILES string of the molecule is C/C(=N\OP(=O)(CO[C@H](C)Cn1cnc2c(N)ncnc21)N[C@@H](C)C(=O)OC(C)C)c1ccccc1. The number of nitrogens with zero attached hydrogens (tertiary/aromatic N) is 5. The first-order valence-corrected chi connectivity index (χ1v) is 13.3. The second kappa shape index (κ2) is 12.1. The van der Waals surface area contributed by atoms with Crippen molar-refractivity contribution in [3.05, 3.63) is 48.5 Å². The van der Waals surface area contributed by atoms with E-state index in [0.29, 0.717) is 23.4 Å². The van der Waals surface area contributed by atoms with Crippen molar-refractivity contribution in [2.24, 2.45) is 5.16 Å². The zero-order valence-corrected chi connectivity index (χ0v) is 21.9. The Morgan fingerprint density at radius 2 is 1.89 bits per heavy atom. The van der Waals surface area contributed by atoms with Gasteiger partial charge in [-0.05, 0) is 40.2 Å². The smallest absolute Gasteiger partial charge is 0.364 e. The molecule has 0 amide bonds. The molecular formula is C23H32N7O5P. The predicted octanol–water partition coefficient (Wildman–Crippen LogP) is 3.33. The molecule has 0 aliphatic rings. The van der Waals surface area contributed by atoms with Gasteiger partial charge in [-0.1, -0.05) is 35.5 Å². The third-order valence-electron chi connectivity index (χ3n) is 5.01. The lowest BCUT2D eigenvalue weighted by Crippen LogP contribution is -2.36. The van der Waals surface area contributed by atoms with Crippen LogP contribution in [0.25, 0.3) is 11.2 Å². The number of imidazole rings is 1. The highest BCUT2D eigenvalue weighted by Gasteiger charge is 2.32. The van der Waals surface area contributed by atoms with Gasteiger partial charge in [-0.15, -0.1) is 0 Å². The lowest BCUT2D eigenvalue weighted by Gasteiger charge is -2.23. The molecule has 0 aliphatic heterocycles. The molecule has 194 valence electrons. The van der Waals surface area contributed by atoms with Gasteiger partial charge >= 0.3 is 13.5 Å². The van der Waals surface area contributed by atoms with Crippen LogP contribution in [-0.2, 0) is 30.0 Å². The third-order valence-corrected chi connectivity index (χ3v) is 6.62. The zero-order valence-electron chi connectivity index (χ0n) is 21.0. The number of nitrogens with one attached hydrogen (secondary N) is 1. The number of carbonyl (C=O) groups excluding carboxylic acids is 1. The first kappa shape index (κ1) is 27.3. The van der Waals surface area contributed by atoms with Crippen molar-refractivity contribution < 1.29 is 23.5 Å². The summed E-state index contributed by atoms with van der Waals surface area (Å²) in [7, 11) is -3.78. The topological polar surface area (TPSA) is 156 Å². The predicted molar refractivity (Wildman–Crippen MR) is 136 cm³/mol. The molecule has 36 heavy (non-hydrogen) atoms. The Kier molecular flexibility index (Phi) is 9.14. The van der Waals surface area contributed by atoms with E-state index < -0.39 is 25.6 Å². The normalized spacial score (nSPS) is 15.4. The van der Waals surface area contributed by atoms with Gasteiger partial charge in [0.15, 0.2) is 11.5 Å². The van der Waals surface area contributed by atoms with Crippen LogP contribution < -0.4 is 10.8 Å². The summed E-state index contributed by atoms with van der Waals surface area (Å²) >= 11 is 0. The number of anilines is 1. The number of nitrogens with two attached hydrogens (primary N) is 1. The molecule has 3 aromatic rings. The Hall–Kier alpha value is -3.34. The summed E-state index contributed by atoms with van der Waals surface area (Å²) in [6, 6.07) is 8.40. The number of oxime groups is 1. The van der Waals surface area contributed by atoms with E-state index in [1.165, 1.54) is 6.33 Å². The summed E-state index contributed by atoms with van der Waals surface area (Å²) in [6.45, 7) is 8.89. The molecule has 0 radical (unpaired) electrons. The van der Waals surface area contributed by atoms with E-state index in [-0.39, 0.29) is 18.3 Å². The number of ether oxygens (including phenoxy) is 2. The van der Waals surface area contributed by atoms with Crippen molar-refractivity contribution in [3.8, 4) is 0 Å². The Balaban J connectivity index is 1.72. The third kappa shape index (κ3) is 7.33. The van der Waals surface area contributed by atoms with E-state index in [4.69, 9.17) is 19.8 Å². The minimum absolute atomic E-state index is 0.281. The zero-order chi connectivity index (χ0) is 26.3. The van der Waals surface area contributed by atoms with Crippen LogP contribution in [0.5, 0.6) is 0 Å². The highest BCUT2D eigenvalue weighted by atomic mass is 31.2. The molecule has 0 fully saturated rings. The second-order valence-electron chi connectivity index (χ2n) is 8.57. The molecule has 3 rings (SSSR count). The maximum atomic E-state index is 13.7. The van der Waals surface area contributed by atoms with Crippen LogP contribution in [0, 0.1) is 0 Å². The molecule has 0 bridgehead atoms. The molecule has 3 atom stereocenters. The van der Waals surface area contributed by atoms with Gasteiger partial charge in [0.2, 0.25) is 0 Å². The van der Waals surface area contributed by atoms with E-state index in [9.17, 15) is 9.36 Å². The van der Waals surface area contributed by atoms with Gasteiger partial charge in [0.1, 0.15) is 24.2 Å². The largest absolute Gasteiger partial charge is 0.462 e. The Bertz CT molecular complexity index is 1250. The summed E-state index contributed by atoms with van der Waals surface area (Å²) in [5, 5.41) is 6.78. The number of fused-ring (bicyclic) bond motifs is 1. The molecule has 2 heterocycles. The van der Waals surface area contributed by atoms with Crippen LogP contribution in [0.15, 0.2) is 48.1 Å². The Morgan fingerprint density at radius 1 is 1.17 bits per heavy atom. The molecule has 2 aromatic heterocycles. The molecule has 1 unspecified atom stereocenters. The molecule has 0 spiro atoms. The number of esters is 1. The maximum Gasteiger partial charge on any atom is 0.364 e. The molecule has 12 nitrogen and oxygen atoms in total. The second-order valence-corrected chi connectivity index (χ2v) is 10.6. The highest BCUT2D eigenvalue weighted by Crippen LogP contribution is 2.44. The quantitative estimate of drug-likeness (QED) is 0.158. The van der Waals surface area contributed by atoms with Crippen LogP contribution in [0.2, 0.25) is 0 Å². The first-order chi connectivity index (χ1) is 17.1. The number of nitrogen functional groups attached to an aromatic ring is 1. The van der Waals surface area contributed by atoms with Crippen molar-refractivity contribution in [1.82, 2.24) is 24.6 Å². The molecule has 1 aromatic carbocycles. The van der Waals surface area contributed by atoms with Crippen LogP contribution in [0.1, 0.15) is 40.2 Å². The van der Waals surface area contributed by atoms with E-state index in [1.807, 2.05) is 30.3 Å². The molecule has 0 saturated heterocycles. The molecule has 0 saturated carbocycles. The van der Waals surface area contributed by atoms with E-state index in [2.05, 4.69) is 25.2 Å². The summed E-state index contributed by atoms with van der Waals surface area (Å²) in [5.41, 5.74) is 8.22. The van der Waals surface area contributed by atoms with Crippen LogP contribution >= 0.6 is 7.52 Å². The molecule has 13 heteroatoms. The average molecular weight is 518 g/mol. The molecule has 3 N–H and O–H groups in total. The minimum atomic E-state index is -3.78. The van der Waals surface area contributed by atoms with Gasteiger partial charge in [0.05, 0.1) is 30.8 Å². The van der Waals surface area contributed by atoms with Gasteiger partial charge in [-0.3, -0.25) is 9.36 Å². The average Bonchev–Trinajstić information content (AvgIpc) is 3.25. The van der Waals surface area contributed by atoms with Gasteiger partial charge in [-0.2, -0.15) is 0 Å². The fraction of sp³-hybridized carbons (Fsp3) is 0.435. The number of hydrogen-bond acceptors (Lipinski definition) is 10. The maximum absolute atomic E-state index is 13.7. The Labute approximate surface area is 209 Å². The van der Waals surface area contributed by atoms with Crippen LogP contribution in [0.4, 0.5) is 5.82 Å². The van der Waals surface area contributed by atoms with Crippen molar-refractivity contribution in [3.63, 3.8) is 0 Å². The fourth-order valence-electron chi connectivity index (χ4n) is 3.21. The highest BCUT2D eigenvalue weighted by molar-refractivity contribution is 7.56. The standard InChI is InChI=1S/C23H32N7O5P/c1-15(2)34-23(31)18(5)29-36(32,35-28-17(4)19-9-7-6-8-10-19)14-33-16(3)11-30-13-27-20-21(24)25-12-26-22(20)30/h6-10,12-13,15-16,18H,11,14H2,1-5H3,(H,29,32)(H2,24,25,26)/b28-17+/t16-,18+,36?/m1/s1. The Morgan fingerprint density at radius 3 is 2.58 bits per heavy atom. The summed E-state index contributed by atoms with van der Waals surface area (Å²) in [4.78, 5) is 24.7. The van der Waals surface area contributed by atoms with E-state index >= 15 is 0 Å². The monoisotopic (exact) mass is 517 g/mol. The van der Waals surface area contributed by atoms with Crippen molar-refractivity contribution in [2.45, 2.75) is 59.4 Å².